The molecule has 20 rings (SSSR count). The van der Waals surface area contributed by atoms with Crippen LogP contribution in [-0.2, 0) is 56.4 Å². The van der Waals surface area contributed by atoms with Gasteiger partial charge in [0, 0.05) is 94.3 Å². The lowest BCUT2D eigenvalue weighted by Gasteiger charge is -2.18. The van der Waals surface area contributed by atoms with Crippen molar-refractivity contribution < 1.29 is 132 Å². The minimum Gasteiger partial charge on any atom is -0.394 e. The van der Waals surface area contributed by atoms with Crippen LogP contribution >= 0.6 is 0 Å². The molecule has 10 aromatic heterocycles. The smallest absolute Gasteiger partial charge is 0.333 e. The van der Waals surface area contributed by atoms with Gasteiger partial charge < -0.3 is 123 Å². The number of hydrogen-bond acceptors (Lipinski definition) is 40. The van der Waals surface area contributed by atoms with E-state index in [1.54, 1.807) is 30.3 Å². The molecule has 0 amide bonds. The number of fused-ring (bicyclic) bond motifs is 5. The maximum atomic E-state index is 13.8. The third-order valence-electron chi connectivity index (χ3n) is 24.2. The molecule has 5 aliphatic rings. The van der Waals surface area contributed by atoms with Gasteiger partial charge in [0.15, 0.2) is 59.3 Å². The van der Waals surface area contributed by atoms with Gasteiger partial charge in [0.05, 0.1) is 65.8 Å². The van der Waals surface area contributed by atoms with Crippen LogP contribution in [0.5, 0.6) is 0 Å². The molecular weight excluding hydrogens is 1870 g/mol. The molecule has 15 N–H and O–H groups in total. The molecule has 5 saturated heterocycles. The maximum Gasteiger partial charge on any atom is 0.333 e. The summed E-state index contributed by atoms with van der Waals surface area (Å²) in [6.45, 7) is 2.04. The van der Waals surface area contributed by atoms with Crippen molar-refractivity contribution in [2.24, 2.45) is 0 Å². The number of aryl methyl sites for hydroxylation is 3. The summed E-state index contributed by atoms with van der Waals surface area (Å²) in [6.07, 6.45) is -19.8. The highest BCUT2D eigenvalue weighted by Gasteiger charge is 2.49. The number of hydrogen-bond donors (Lipinski definition) is 15. The van der Waals surface area contributed by atoms with E-state index in [-0.39, 0.29) is 55.3 Å². The molecule has 15 heterocycles. The van der Waals surface area contributed by atoms with Crippen LogP contribution in [0.25, 0.3) is 54.8 Å². The second-order valence-corrected chi connectivity index (χ2v) is 33.1. The minimum absolute atomic E-state index is 0.0923. The van der Waals surface area contributed by atoms with Gasteiger partial charge in [-0.3, -0.25) is 69.6 Å². The number of rotatable bonds is 20. The molecule has 740 valence electrons. The highest BCUT2D eigenvalue weighted by molar-refractivity contribution is 5.84. The van der Waals surface area contributed by atoms with Crippen molar-refractivity contribution in [1.29, 1.82) is 0 Å². The fourth-order valence-corrected chi connectivity index (χ4v) is 16.6. The molecule has 20 atom stereocenters. The lowest BCUT2D eigenvalue weighted by molar-refractivity contribution is -0.0555. The van der Waals surface area contributed by atoms with Gasteiger partial charge in [-0.15, -0.1) is 0 Å². The zero-order valence-corrected chi connectivity index (χ0v) is 73.4. The summed E-state index contributed by atoms with van der Waals surface area (Å²) < 4.78 is 89.0. The number of nitrogens with zero attached hydrogens (tertiary/aromatic N) is 15. The topological polar surface area (TPSA) is 700 Å². The van der Waals surface area contributed by atoms with E-state index in [1.165, 1.54) is 42.9 Å². The lowest BCUT2D eigenvalue weighted by atomic mass is 10.1. The Morgan fingerprint density at radius 1 is 0.293 bits per heavy atom. The van der Waals surface area contributed by atoms with E-state index in [1.807, 2.05) is 51.1 Å². The van der Waals surface area contributed by atoms with E-state index in [9.17, 15) is 133 Å². The Bertz CT molecular complexity index is 7470. The Balaban J connectivity index is 0.000000126. The molecule has 0 saturated carbocycles. The first-order valence-electron chi connectivity index (χ1n) is 42.9. The highest BCUT2D eigenvalue weighted by atomic mass is 19.1. The Morgan fingerprint density at radius 2 is 0.593 bits per heavy atom. The number of aliphatic hydroxyl groups is 15. The number of halogens is 2. The highest BCUT2D eigenvalue weighted by Crippen LogP contribution is 2.35. The molecule has 5 unspecified atom stereocenters. The van der Waals surface area contributed by atoms with E-state index >= 15 is 0 Å². The monoisotopic (exact) mass is 1950 g/mol. The fourth-order valence-electron chi connectivity index (χ4n) is 16.6. The molecule has 5 fully saturated rings. The largest absolute Gasteiger partial charge is 0.394 e. The molecule has 5 aliphatic heterocycles. The SMILES string of the molecule is Cc1ccc2c(Cn3c(=O)ccn([C@@H]4O[C@H](CO)[C@H](O)C4O)c3=O)noc2c1.Cc1ccc2onc(Cn3c(=O)ccn([C@@H]4O[C@H](CO)[C@H](O)C4O)c3=O)c2c1.Cc1cccc2onc(Cn3c(=O)ccn([C@@H]4O[C@H](CO)[C@H](O)C4O)c3=O)c12.O=c1ccn([C@@H]2O[C@H](CO)[C@H](O)C2O)c(=O)n1Cc1noc2c(F)cccc12.O=c1ccn([C@@H]2O[C@H](CO)[C@H](O)C2O)c(=O)n1Cc1noc2cc(F)ccc12. The zero-order valence-electron chi connectivity index (χ0n) is 73.4. The van der Waals surface area contributed by atoms with Crippen LogP contribution in [0.15, 0.2) is 223 Å². The summed E-state index contributed by atoms with van der Waals surface area (Å²) in [5.41, 5.74) is -0.637. The van der Waals surface area contributed by atoms with Crippen LogP contribution in [0, 0.1) is 32.4 Å². The van der Waals surface area contributed by atoms with Crippen LogP contribution in [0.2, 0.25) is 0 Å². The molecule has 15 aromatic rings. The van der Waals surface area contributed by atoms with E-state index in [0.717, 1.165) is 117 Å². The van der Waals surface area contributed by atoms with Crippen molar-refractivity contribution in [3.8, 4) is 0 Å². The van der Waals surface area contributed by atoms with Gasteiger partial charge in [0.1, 0.15) is 126 Å². The van der Waals surface area contributed by atoms with Crippen LogP contribution < -0.4 is 56.2 Å². The van der Waals surface area contributed by atoms with Gasteiger partial charge in [-0.1, -0.05) is 61.7 Å². The number of benzene rings is 5. The molecule has 50 nitrogen and oxygen atoms in total. The Hall–Kier alpha value is -14.1. The Kier molecular flexibility index (Phi) is 29.1. The normalized spacial score (nSPS) is 24.9. The van der Waals surface area contributed by atoms with Gasteiger partial charge in [0.25, 0.3) is 27.8 Å². The molecule has 0 aliphatic carbocycles. The summed E-state index contributed by atoms with van der Waals surface area (Å²) >= 11 is 0. The average Bonchev–Trinajstić information content (AvgIpc) is 1.65. The van der Waals surface area contributed by atoms with Crippen LogP contribution in [0.1, 0.15) is 76.3 Å². The summed E-state index contributed by atoms with van der Waals surface area (Å²) in [5.74, 6) is -1.14. The fraction of sp³-hybridized carbons (Fsp3) is 0.375. The minimum atomic E-state index is -1.48. The maximum absolute atomic E-state index is 13.8. The van der Waals surface area contributed by atoms with E-state index in [2.05, 4.69) is 25.8 Å². The van der Waals surface area contributed by atoms with Gasteiger partial charge in [-0.25, -0.2) is 32.8 Å². The van der Waals surface area contributed by atoms with E-state index in [4.69, 9.17) is 46.3 Å². The second kappa shape index (κ2) is 41.1. The van der Waals surface area contributed by atoms with Crippen molar-refractivity contribution in [1.82, 2.24) is 71.5 Å². The molecule has 52 heteroatoms. The first-order valence-corrected chi connectivity index (χ1v) is 42.9. The third-order valence-corrected chi connectivity index (χ3v) is 24.2. The number of ether oxygens (including phenoxy) is 5. The number of para-hydroxylation sites is 1. The molecule has 0 spiro atoms. The van der Waals surface area contributed by atoms with Crippen molar-refractivity contribution in [3.05, 3.63) is 313 Å². The van der Waals surface area contributed by atoms with Crippen LogP contribution in [-0.4, -0.2) is 273 Å². The quantitative estimate of drug-likeness (QED) is 0.0341. The number of aromatic nitrogens is 15. The Morgan fingerprint density at radius 3 is 0.964 bits per heavy atom. The molecule has 0 radical (unpaired) electrons. The number of aliphatic hydroxyl groups excluding tert-OH is 15. The molecule has 5 aromatic carbocycles. The predicted octanol–water partition coefficient (Wildman–Crippen LogP) is -4.74. The first kappa shape index (κ1) is 98.9. The standard InChI is InChI=1S/3C18H19N3O7.2C17H16FN3O7/c1-9-2-3-12-10(6-9)11(19-28-12)7-21-14(23)4-5-20(18(21)26)17-16(25)15(24)13(8-22)27-17;1-9-2-3-10-11(19-28-12(10)6-9)7-21-14(23)4-5-20(18(21)26)17-16(25)15(24)13(8-22)27-17;1-9-3-2-4-11-14(9)10(19-28-11)7-21-13(23)5-6-20(18(21)26)17-16(25)15(24)12(8-22)27-17;18-8-1-2-9-10(19-28-11(9)5-8)6-21-13(23)3-4-20(17(21)26)16-15(25)14(24)12(7-22)27-16;18-9-3-1-2-8-10(19-28-15(8)9)6-21-12(23)4-5-20(17(21)26)16-14(25)13(24)11(7-22)27-16/h2*2-6,13,15-17,22,24-25H,7-8H2,1H3;2-6,12,15-17,22,24-25H,7-8H2,1H3;1-5,12,14-16,22,24-25H,6-7H2;1-5,11,13-14,16,22,24-25H,6-7H2/t2*13-,15+,16?,17-;12-,15+,16?,17-;12-,14+,15?,16-;11-,13+,14?,16-/m11111/s1. The van der Waals surface area contributed by atoms with Crippen LogP contribution in [0.3, 0.4) is 0 Å². The zero-order chi connectivity index (χ0) is 100.0. The van der Waals surface area contributed by atoms with E-state index in [0.29, 0.717) is 55.4 Å². The van der Waals surface area contributed by atoms with Crippen LogP contribution in [0.4, 0.5) is 8.78 Å². The predicted molar refractivity (Wildman–Crippen MR) is 470 cm³/mol. The molecule has 0 bridgehead atoms. The summed E-state index contributed by atoms with van der Waals surface area (Å²) in [7, 11) is 0. The van der Waals surface area contributed by atoms with E-state index < -0.39 is 224 Å². The van der Waals surface area contributed by atoms with Gasteiger partial charge in [-0.2, -0.15) is 0 Å². The lowest BCUT2D eigenvalue weighted by Crippen LogP contribution is -2.43. The van der Waals surface area contributed by atoms with Crippen molar-refractivity contribution in [2.75, 3.05) is 33.0 Å². The van der Waals surface area contributed by atoms with Gasteiger partial charge in [0.2, 0.25) is 5.58 Å². The average molecular weight is 1950 g/mol. The summed E-state index contributed by atoms with van der Waals surface area (Å²) in [6, 6.07) is 30.0. The van der Waals surface area contributed by atoms with Crippen molar-refractivity contribution in [3.63, 3.8) is 0 Å². The van der Waals surface area contributed by atoms with Gasteiger partial charge >= 0.3 is 28.4 Å². The van der Waals surface area contributed by atoms with Crippen molar-refractivity contribution >= 4 is 54.8 Å². The second-order valence-electron chi connectivity index (χ2n) is 33.1. The van der Waals surface area contributed by atoms with Crippen molar-refractivity contribution in [2.45, 2.75) is 176 Å². The molecular formula is C88H89F2N15O35. The first-order chi connectivity index (χ1) is 67.0. The van der Waals surface area contributed by atoms with Gasteiger partial charge in [-0.05, 0) is 86.5 Å². The summed E-state index contributed by atoms with van der Waals surface area (Å²) in [4.78, 5) is 126. The Labute approximate surface area is 777 Å². The summed E-state index contributed by atoms with van der Waals surface area (Å²) in [5, 5.41) is 169. The molecule has 140 heavy (non-hydrogen) atoms. The third kappa shape index (κ3) is 19.1.